The molecular weight excluding hydrogens is 586 g/mol. The quantitative estimate of drug-likeness (QED) is 0.240. The van der Waals surface area contributed by atoms with Gasteiger partial charge in [-0.1, -0.05) is 54.9 Å². The number of anilines is 1. The van der Waals surface area contributed by atoms with Gasteiger partial charge in [0.05, 0.1) is 0 Å². The topological polar surface area (TPSA) is 80.9 Å². The van der Waals surface area contributed by atoms with E-state index in [0.29, 0.717) is 24.7 Å². The molecule has 0 bridgehead atoms. The second kappa shape index (κ2) is 13.5. The fraction of sp³-hybridized carbons (Fsp3) is 0.389. The van der Waals surface area contributed by atoms with Crippen molar-refractivity contribution in [3.8, 4) is 5.75 Å². The number of urea groups is 1. The van der Waals surface area contributed by atoms with Gasteiger partial charge in [-0.2, -0.15) is 0 Å². The number of ether oxygens (including phenoxy) is 1. The monoisotopic (exact) mass is 627 g/mol. The van der Waals surface area contributed by atoms with Crippen molar-refractivity contribution >= 4 is 40.1 Å². The van der Waals surface area contributed by atoms with Crippen molar-refractivity contribution in [2.75, 3.05) is 45.2 Å². The number of piperidine rings is 1. The van der Waals surface area contributed by atoms with E-state index in [1.54, 1.807) is 0 Å². The Hall–Kier alpha value is -4.01. The number of hydrogen-bond donors (Lipinski definition) is 2. The smallest absolute Gasteiger partial charge is 0.318 e. The first kappa shape index (κ1) is 31.0. The van der Waals surface area contributed by atoms with Gasteiger partial charge in [0.1, 0.15) is 17.9 Å². The van der Waals surface area contributed by atoms with Gasteiger partial charge < -0.3 is 29.7 Å². The third-order valence-electron chi connectivity index (χ3n) is 9.10. The summed E-state index contributed by atoms with van der Waals surface area (Å²) in [5.41, 5.74) is 3.92. The second-order valence-corrected chi connectivity index (χ2v) is 13.1. The van der Waals surface area contributed by atoms with Gasteiger partial charge in [0.25, 0.3) is 0 Å². The summed E-state index contributed by atoms with van der Waals surface area (Å²) in [7, 11) is 4.10. The number of para-hydroxylation sites is 2. The number of benzene rings is 3. The van der Waals surface area contributed by atoms with Gasteiger partial charge in [0.2, 0.25) is 5.91 Å². The van der Waals surface area contributed by atoms with Gasteiger partial charge in [0.15, 0.2) is 0 Å². The number of fused-ring (bicyclic) bond motifs is 2. The molecule has 3 aromatic carbocycles. The average molecular weight is 628 g/mol. The van der Waals surface area contributed by atoms with Crippen molar-refractivity contribution in [2.45, 2.75) is 44.2 Å². The number of carbonyl (C=O) groups is 2. The number of aromatic amines is 1. The molecule has 236 valence electrons. The number of likely N-dealkylation sites (tertiary alicyclic amines) is 1. The summed E-state index contributed by atoms with van der Waals surface area (Å²) in [6.45, 7) is 4.55. The molecule has 8 nitrogen and oxygen atoms in total. The summed E-state index contributed by atoms with van der Waals surface area (Å²) in [6.07, 6.45) is 4.31. The highest BCUT2D eigenvalue weighted by Crippen LogP contribution is 2.35. The van der Waals surface area contributed by atoms with Crippen LogP contribution in [0.1, 0.15) is 36.8 Å². The van der Waals surface area contributed by atoms with Crippen LogP contribution >= 0.6 is 11.6 Å². The van der Waals surface area contributed by atoms with Crippen LogP contribution in [0.3, 0.4) is 0 Å². The summed E-state index contributed by atoms with van der Waals surface area (Å²) >= 11 is 6.42. The Balaban J connectivity index is 1.26. The molecule has 9 heteroatoms. The van der Waals surface area contributed by atoms with E-state index in [2.05, 4.69) is 35.4 Å². The predicted molar refractivity (Wildman–Crippen MR) is 180 cm³/mol. The summed E-state index contributed by atoms with van der Waals surface area (Å²) < 4.78 is 6.15. The lowest BCUT2D eigenvalue weighted by Crippen LogP contribution is -2.57. The molecule has 0 radical (unpaired) electrons. The predicted octanol–water partition coefficient (Wildman–Crippen LogP) is 6.31. The summed E-state index contributed by atoms with van der Waals surface area (Å²) in [5.74, 6) is 0.671. The van der Waals surface area contributed by atoms with Gasteiger partial charge in [-0.05, 0) is 74.0 Å². The van der Waals surface area contributed by atoms with E-state index >= 15 is 0 Å². The Morgan fingerprint density at radius 1 is 1.04 bits per heavy atom. The van der Waals surface area contributed by atoms with Crippen molar-refractivity contribution < 1.29 is 14.3 Å². The molecular formula is C36H42ClN5O3. The lowest BCUT2D eigenvalue weighted by atomic mass is 9.88. The van der Waals surface area contributed by atoms with E-state index in [9.17, 15) is 9.59 Å². The van der Waals surface area contributed by atoms with Gasteiger partial charge in [-0.15, -0.1) is 0 Å². The number of amides is 3. The van der Waals surface area contributed by atoms with Crippen LogP contribution in [0.2, 0.25) is 5.02 Å². The van der Waals surface area contributed by atoms with Crippen LogP contribution in [0, 0.1) is 5.92 Å². The van der Waals surface area contributed by atoms with Crippen molar-refractivity contribution in [1.29, 1.82) is 0 Å². The zero-order valence-electron chi connectivity index (χ0n) is 26.2. The van der Waals surface area contributed by atoms with Gasteiger partial charge in [-0.3, -0.25) is 4.79 Å². The minimum Gasteiger partial charge on any atom is -0.490 e. The molecule has 2 aliphatic rings. The SMILES string of the molecule is C[C@H](c1c[nH]c2ccccc12)[C@H](NC(=O)N1CCC(Oc2ccccc2)CC1)C(=O)N1C[C@@H](CN(C)C)Cc2cc(Cl)ccc21. The molecule has 1 saturated heterocycles. The molecule has 0 spiro atoms. The lowest BCUT2D eigenvalue weighted by molar-refractivity contribution is -0.121. The standard InChI is InChI=1S/C36H42ClN5O3/c1-24(31-21-38-32-12-8-7-11-30(31)32)34(39-36(44)41-17-15-29(16-18-41)45-28-9-5-4-6-10-28)35(43)42-23-25(22-40(2)3)19-26-20-27(37)13-14-33(26)42/h4-14,20-21,24-25,29,34,38H,15-19,22-23H2,1-3H3,(H,39,44)/t24-,25-,34+/m1/s1. The molecule has 1 fully saturated rings. The maximum atomic E-state index is 14.7. The van der Waals surface area contributed by atoms with Crippen LogP contribution in [0.15, 0.2) is 79.0 Å². The fourth-order valence-electron chi connectivity index (χ4n) is 6.87. The Morgan fingerprint density at radius 2 is 1.78 bits per heavy atom. The van der Waals surface area contributed by atoms with Gasteiger partial charge >= 0.3 is 6.03 Å². The molecule has 1 aromatic heterocycles. The molecule has 0 aliphatic carbocycles. The van der Waals surface area contributed by atoms with Crippen molar-refractivity contribution in [3.05, 3.63) is 95.1 Å². The highest BCUT2D eigenvalue weighted by molar-refractivity contribution is 6.30. The van der Waals surface area contributed by atoms with Crippen LogP contribution in [0.5, 0.6) is 5.75 Å². The number of hydrogen-bond acceptors (Lipinski definition) is 4. The maximum Gasteiger partial charge on any atom is 0.318 e. The number of nitrogens with one attached hydrogen (secondary N) is 2. The van der Waals surface area contributed by atoms with Gasteiger partial charge in [0, 0.05) is 72.7 Å². The number of H-pyrrole nitrogens is 1. The van der Waals surface area contributed by atoms with E-state index < -0.39 is 6.04 Å². The fourth-order valence-corrected chi connectivity index (χ4v) is 7.07. The first-order valence-corrected chi connectivity index (χ1v) is 16.2. The van der Waals surface area contributed by atoms with E-state index in [4.69, 9.17) is 16.3 Å². The zero-order chi connectivity index (χ0) is 31.5. The molecule has 3 amide bonds. The number of rotatable bonds is 8. The van der Waals surface area contributed by atoms with Crippen molar-refractivity contribution in [1.82, 2.24) is 20.1 Å². The van der Waals surface area contributed by atoms with Crippen LogP contribution < -0.4 is 15.0 Å². The molecule has 2 aliphatic heterocycles. The third-order valence-corrected chi connectivity index (χ3v) is 9.34. The van der Waals surface area contributed by atoms with E-state index in [0.717, 1.165) is 59.3 Å². The summed E-state index contributed by atoms with van der Waals surface area (Å²) in [4.78, 5) is 37.8. The maximum absolute atomic E-state index is 14.7. The molecule has 0 saturated carbocycles. The number of aromatic nitrogens is 1. The van der Waals surface area contributed by atoms with Crippen molar-refractivity contribution in [2.24, 2.45) is 5.92 Å². The van der Waals surface area contributed by atoms with E-state index in [-0.39, 0.29) is 29.9 Å². The Kier molecular flexibility index (Phi) is 9.33. The van der Waals surface area contributed by atoms with Crippen LogP contribution in [0.25, 0.3) is 10.9 Å². The van der Waals surface area contributed by atoms with Gasteiger partial charge in [-0.25, -0.2) is 4.79 Å². The van der Waals surface area contributed by atoms with Crippen molar-refractivity contribution in [3.63, 3.8) is 0 Å². The Morgan fingerprint density at radius 3 is 2.53 bits per heavy atom. The van der Waals surface area contributed by atoms with Crippen LogP contribution in [-0.4, -0.2) is 79.1 Å². The molecule has 0 unspecified atom stereocenters. The Bertz CT molecular complexity index is 1630. The number of nitrogens with zero attached hydrogens (tertiary/aromatic N) is 3. The first-order valence-electron chi connectivity index (χ1n) is 15.8. The summed E-state index contributed by atoms with van der Waals surface area (Å²) in [6, 6.07) is 22.6. The summed E-state index contributed by atoms with van der Waals surface area (Å²) in [5, 5.41) is 4.91. The largest absolute Gasteiger partial charge is 0.490 e. The minimum atomic E-state index is -0.781. The lowest BCUT2D eigenvalue weighted by Gasteiger charge is -2.39. The Labute approximate surface area is 270 Å². The number of carbonyl (C=O) groups excluding carboxylic acids is 2. The minimum absolute atomic E-state index is 0.0457. The van der Waals surface area contributed by atoms with E-state index in [1.807, 2.05) is 89.7 Å². The van der Waals surface area contributed by atoms with Crippen LogP contribution in [-0.2, 0) is 11.2 Å². The molecule has 45 heavy (non-hydrogen) atoms. The average Bonchev–Trinajstić information content (AvgIpc) is 3.47. The van der Waals surface area contributed by atoms with E-state index in [1.165, 1.54) is 0 Å². The molecule has 2 N–H and O–H groups in total. The molecule has 3 heterocycles. The second-order valence-electron chi connectivity index (χ2n) is 12.7. The first-order chi connectivity index (χ1) is 21.8. The highest BCUT2D eigenvalue weighted by Gasteiger charge is 2.38. The normalized spacial score (nSPS) is 18.5. The van der Waals surface area contributed by atoms with Crippen LogP contribution in [0.4, 0.5) is 10.5 Å². The zero-order valence-corrected chi connectivity index (χ0v) is 27.0. The highest BCUT2D eigenvalue weighted by atomic mass is 35.5. The third kappa shape index (κ3) is 6.97. The number of halogens is 1. The molecule has 4 aromatic rings. The molecule has 6 rings (SSSR count). The molecule has 3 atom stereocenters.